The van der Waals surface area contributed by atoms with Gasteiger partial charge in [0.05, 0.1) is 6.07 Å². The quantitative estimate of drug-likeness (QED) is 0.386. The highest BCUT2D eigenvalue weighted by atomic mass is 14.2. The Hall–Kier alpha value is -1.03. The van der Waals surface area contributed by atoms with Crippen molar-refractivity contribution in [2.45, 2.75) is 20.8 Å². The van der Waals surface area contributed by atoms with Gasteiger partial charge in [0.15, 0.2) is 0 Å². The van der Waals surface area contributed by atoms with Crippen molar-refractivity contribution in [1.82, 2.24) is 0 Å². The number of nitrogens with zero attached hydrogens (tertiary/aromatic N) is 1. The lowest BCUT2D eigenvalue weighted by atomic mass is 10.1. The van der Waals surface area contributed by atoms with Crippen LogP contribution >= 0.6 is 0 Å². The standard InChI is InChI=1S/C8H11N/c1-6(2)8(4)7(3)5-9/h1H2,2-4H3/b8-7+. The Morgan fingerprint density at radius 1 is 1.33 bits per heavy atom. The van der Waals surface area contributed by atoms with Crippen LogP contribution in [0.15, 0.2) is 23.3 Å². The molecule has 0 spiro atoms. The van der Waals surface area contributed by atoms with Crippen LogP contribution < -0.4 is 0 Å². The summed E-state index contributed by atoms with van der Waals surface area (Å²) in [7, 11) is 0. The molecule has 0 N–H and O–H groups in total. The van der Waals surface area contributed by atoms with E-state index >= 15 is 0 Å². The Morgan fingerprint density at radius 2 is 1.78 bits per heavy atom. The van der Waals surface area contributed by atoms with Gasteiger partial charge in [0.2, 0.25) is 0 Å². The predicted octanol–water partition coefficient (Wildman–Crippen LogP) is 2.42. The minimum atomic E-state index is 0.752. The molecule has 0 atom stereocenters. The van der Waals surface area contributed by atoms with Gasteiger partial charge < -0.3 is 0 Å². The van der Waals surface area contributed by atoms with E-state index in [9.17, 15) is 0 Å². The molecule has 0 saturated carbocycles. The highest BCUT2D eigenvalue weighted by Crippen LogP contribution is 2.09. The largest absolute Gasteiger partial charge is 0.193 e. The van der Waals surface area contributed by atoms with Gasteiger partial charge in [-0.15, -0.1) is 0 Å². The van der Waals surface area contributed by atoms with Crippen molar-refractivity contribution in [3.8, 4) is 6.07 Å². The first-order valence-electron chi connectivity index (χ1n) is 2.83. The summed E-state index contributed by atoms with van der Waals surface area (Å²) in [4.78, 5) is 0. The second-order valence-electron chi connectivity index (χ2n) is 2.14. The van der Waals surface area contributed by atoms with E-state index in [1.165, 1.54) is 0 Å². The molecule has 0 amide bonds. The second-order valence-corrected chi connectivity index (χ2v) is 2.14. The smallest absolute Gasteiger partial charge is 0.0946 e. The minimum absolute atomic E-state index is 0.752. The second kappa shape index (κ2) is 3.09. The lowest BCUT2D eigenvalue weighted by Gasteiger charge is -1.97. The van der Waals surface area contributed by atoms with Crippen LogP contribution in [0, 0.1) is 11.3 Å². The van der Waals surface area contributed by atoms with Crippen molar-refractivity contribution >= 4 is 0 Å². The van der Waals surface area contributed by atoms with Crippen molar-refractivity contribution in [1.29, 1.82) is 5.26 Å². The third-order valence-electron chi connectivity index (χ3n) is 1.37. The molecule has 48 valence electrons. The molecule has 0 unspecified atom stereocenters. The number of allylic oxidation sites excluding steroid dienone is 3. The van der Waals surface area contributed by atoms with Crippen LogP contribution in [-0.4, -0.2) is 0 Å². The summed E-state index contributed by atoms with van der Waals surface area (Å²) >= 11 is 0. The van der Waals surface area contributed by atoms with Gasteiger partial charge in [0.25, 0.3) is 0 Å². The molecule has 0 aromatic rings. The van der Waals surface area contributed by atoms with Crippen LogP contribution in [0.1, 0.15) is 20.8 Å². The van der Waals surface area contributed by atoms with E-state index in [0.29, 0.717) is 0 Å². The Morgan fingerprint density at radius 3 is 1.89 bits per heavy atom. The van der Waals surface area contributed by atoms with Gasteiger partial charge in [-0.05, 0) is 26.3 Å². The van der Waals surface area contributed by atoms with Crippen molar-refractivity contribution < 1.29 is 0 Å². The summed E-state index contributed by atoms with van der Waals surface area (Å²) < 4.78 is 0. The van der Waals surface area contributed by atoms with Crippen LogP contribution in [0.2, 0.25) is 0 Å². The molecule has 1 nitrogen and oxygen atoms in total. The van der Waals surface area contributed by atoms with E-state index < -0.39 is 0 Å². The van der Waals surface area contributed by atoms with Crippen molar-refractivity contribution in [3.63, 3.8) is 0 Å². The monoisotopic (exact) mass is 121 g/mol. The Labute approximate surface area is 56.3 Å². The van der Waals surface area contributed by atoms with Crippen LogP contribution in [0.25, 0.3) is 0 Å². The SMILES string of the molecule is C=C(C)/C(C)=C(\C)C#N. The maximum atomic E-state index is 8.41. The molecular formula is C8H11N. The van der Waals surface area contributed by atoms with Gasteiger partial charge in [-0.1, -0.05) is 12.2 Å². The highest BCUT2D eigenvalue weighted by molar-refractivity contribution is 5.35. The maximum absolute atomic E-state index is 8.41. The number of hydrogen-bond acceptors (Lipinski definition) is 1. The highest BCUT2D eigenvalue weighted by Gasteiger charge is 1.93. The molecular weight excluding hydrogens is 110 g/mol. The van der Waals surface area contributed by atoms with E-state index in [4.69, 9.17) is 5.26 Å². The zero-order chi connectivity index (χ0) is 7.44. The van der Waals surface area contributed by atoms with Crippen LogP contribution in [0.3, 0.4) is 0 Å². The van der Waals surface area contributed by atoms with E-state index in [2.05, 4.69) is 12.6 Å². The van der Waals surface area contributed by atoms with Gasteiger partial charge in [-0.2, -0.15) is 5.26 Å². The van der Waals surface area contributed by atoms with Gasteiger partial charge in [0, 0.05) is 5.57 Å². The van der Waals surface area contributed by atoms with Gasteiger partial charge in [-0.25, -0.2) is 0 Å². The van der Waals surface area contributed by atoms with Gasteiger partial charge in [-0.3, -0.25) is 0 Å². The molecule has 0 fully saturated rings. The van der Waals surface area contributed by atoms with E-state index in [1.807, 2.05) is 13.8 Å². The summed E-state index contributed by atoms with van der Waals surface area (Å²) in [5.74, 6) is 0. The molecule has 1 heteroatoms. The van der Waals surface area contributed by atoms with Gasteiger partial charge in [0.1, 0.15) is 0 Å². The molecule has 0 bridgehead atoms. The van der Waals surface area contributed by atoms with Crippen molar-refractivity contribution in [2.75, 3.05) is 0 Å². The van der Waals surface area contributed by atoms with E-state index in [-0.39, 0.29) is 0 Å². The summed E-state index contributed by atoms with van der Waals surface area (Å²) in [6, 6.07) is 2.06. The van der Waals surface area contributed by atoms with Crippen LogP contribution in [0.5, 0.6) is 0 Å². The van der Waals surface area contributed by atoms with E-state index in [0.717, 1.165) is 16.7 Å². The normalized spacial score (nSPS) is 11.8. The fourth-order valence-corrected chi connectivity index (χ4v) is 0.404. The van der Waals surface area contributed by atoms with Crippen LogP contribution in [0.4, 0.5) is 0 Å². The zero-order valence-electron chi connectivity index (χ0n) is 6.15. The maximum Gasteiger partial charge on any atom is 0.0946 e. The first-order valence-corrected chi connectivity index (χ1v) is 2.83. The molecule has 0 aliphatic heterocycles. The topological polar surface area (TPSA) is 23.8 Å². The molecule has 0 saturated heterocycles. The molecule has 0 heterocycles. The fraction of sp³-hybridized carbons (Fsp3) is 0.375. The summed E-state index contributed by atoms with van der Waals surface area (Å²) in [5.41, 5.74) is 2.72. The molecule has 0 rings (SSSR count). The average Bonchev–Trinajstić information content (AvgIpc) is 1.84. The molecule has 0 aliphatic rings. The van der Waals surface area contributed by atoms with Crippen molar-refractivity contribution in [3.05, 3.63) is 23.3 Å². The number of hydrogen-bond donors (Lipinski definition) is 0. The molecule has 0 aromatic carbocycles. The summed E-state index contributed by atoms with van der Waals surface area (Å²) in [5, 5.41) is 8.41. The summed E-state index contributed by atoms with van der Waals surface area (Å²) in [6.07, 6.45) is 0. The molecule has 0 aromatic heterocycles. The Balaban J connectivity index is 4.54. The third-order valence-corrected chi connectivity index (χ3v) is 1.37. The first kappa shape index (κ1) is 7.97. The van der Waals surface area contributed by atoms with Crippen LogP contribution in [-0.2, 0) is 0 Å². The van der Waals surface area contributed by atoms with E-state index in [1.54, 1.807) is 6.92 Å². The molecule has 0 aliphatic carbocycles. The number of nitriles is 1. The third kappa shape index (κ3) is 2.14. The minimum Gasteiger partial charge on any atom is -0.193 e. The lowest BCUT2D eigenvalue weighted by molar-refractivity contribution is 1.28. The average molecular weight is 121 g/mol. The fourth-order valence-electron chi connectivity index (χ4n) is 0.404. The Bertz CT molecular complexity index is 191. The first-order chi connectivity index (χ1) is 4.09. The summed E-state index contributed by atoms with van der Waals surface area (Å²) in [6.45, 7) is 9.31. The molecule has 0 radical (unpaired) electrons. The predicted molar refractivity (Wildman–Crippen MR) is 38.8 cm³/mol. The number of rotatable bonds is 1. The lowest BCUT2D eigenvalue weighted by Crippen LogP contribution is -1.80. The van der Waals surface area contributed by atoms with Gasteiger partial charge >= 0.3 is 0 Å². The van der Waals surface area contributed by atoms with Crippen molar-refractivity contribution in [2.24, 2.45) is 0 Å². The Kier molecular flexibility index (Phi) is 2.73. The molecule has 9 heavy (non-hydrogen) atoms. The zero-order valence-corrected chi connectivity index (χ0v) is 6.15.